The maximum Gasteiger partial charge on any atom is 0.126 e. The molecule has 0 fully saturated rings. The topological polar surface area (TPSA) is 26.0 Å². The standard InChI is InChI=1S/C13H19F2N/c1-3-9(4-2)13(16)8-10-7-11(14)5-6-12(10)15/h5-7,9,13H,3-4,8,16H2,1-2H3. The Kier molecular flexibility index (Phi) is 4.87. The van der Waals surface area contributed by atoms with Crippen molar-refractivity contribution in [2.75, 3.05) is 0 Å². The molecule has 3 heteroatoms. The largest absolute Gasteiger partial charge is 0.327 e. The van der Waals surface area contributed by atoms with Crippen LogP contribution in [0, 0.1) is 17.6 Å². The van der Waals surface area contributed by atoms with Gasteiger partial charge in [0.15, 0.2) is 0 Å². The number of halogens is 2. The summed E-state index contributed by atoms with van der Waals surface area (Å²) >= 11 is 0. The Bertz CT molecular complexity index is 335. The van der Waals surface area contributed by atoms with Gasteiger partial charge in [-0.2, -0.15) is 0 Å². The van der Waals surface area contributed by atoms with Crippen LogP contribution in [0.1, 0.15) is 32.3 Å². The summed E-state index contributed by atoms with van der Waals surface area (Å²) in [6.45, 7) is 4.13. The predicted molar refractivity (Wildman–Crippen MR) is 62.1 cm³/mol. The molecule has 0 saturated carbocycles. The van der Waals surface area contributed by atoms with E-state index < -0.39 is 5.82 Å². The Labute approximate surface area is 95.7 Å². The van der Waals surface area contributed by atoms with Crippen LogP contribution in [0.4, 0.5) is 8.78 Å². The van der Waals surface area contributed by atoms with Crippen molar-refractivity contribution in [3.8, 4) is 0 Å². The minimum absolute atomic E-state index is 0.105. The Balaban J connectivity index is 2.75. The van der Waals surface area contributed by atoms with Gasteiger partial charge in [-0.25, -0.2) is 8.78 Å². The van der Waals surface area contributed by atoms with Crippen LogP contribution in [0.3, 0.4) is 0 Å². The molecular formula is C13H19F2N. The summed E-state index contributed by atoms with van der Waals surface area (Å²) in [4.78, 5) is 0. The van der Waals surface area contributed by atoms with E-state index in [0.717, 1.165) is 25.0 Å². The molecule has 0 amide bonds. The van der Waals surface area contributed by atoms with E-state index in [-0.39, 0.29) is 11.9 Å². The molecule has 0 aliphatic heterocycles. The third-order valence-electron chi connectivity index (χ3n) is 3.12. The number of nitrogens with two attached hydrogens (primary N) is 1. The highest BCUT2D eigenvalue weighted by Gasteiger charge is 2.16. The van der Waals surface area contributed by atoms with Gasteiger partial charge >= 0.3 is 0 Å². The van der Waals surface area contributed by atoms with Gasteiger partial charge in [-0.1, -0.05) is 26.7 Å². The number of rotatable bonds is 5. The van der Waals surface area contributed by atoms with Gasteiger partial charge in [-0.3, -0.25) is 0 Å². The van der Waals surface area contributed by atoms with Gasteiger partial charge in [0.25, 0.3) is 0 Å². The summed E-state index contributed by atoms with van der Waals surface area (Å²) in [6, 6.07) is 3.41. The zero-order valence-electron chi connectivity index (χ0n) is 9.84. The second kappa shape index (κ2) is 5.94. The lowest BCUT2D eigenvalue weighted by Crippen LogP contribution is -2.32. The number of hydrogen-bond acceptors (Lipinski definition) is 1. The molecule has 1 aromatic carbocycles. The number of hydrogen-bond donors (Lipinski definition) is 1. The van der Waals surface area contributed by atoms with Crippen molar-refractivity contribution in [2.24, 2.45) is 11.7 Å². The third kappa shape index (κ3) is 3.27. The average molecular weight is 227 g/mol. The van der Waals surface area contributed by atoms with Crippen LogP contribution in [0.15, 0.2) is 18.2 Å². The molecular weight excluding hydrogens is 208 g/mol. The molecule has 1 unspecified atom stereocenters. The molecule has 0 heterocycles. The van der Waals surface area contributed by atoms with E-state index in [1.165, 1.54) is 6.07 Å². The van der Waals surface area contributed by atoms with Crippen LogP contribution in [-0.2, 0) is 6.42 Å². The van der Waals surface area contributed by atoms with Crippen LogP contribution < -0.4 is 5.73 Å². The fraction of sp³-hybridized carbons (Fsp3) is 0.538. The van der Waals surface area contributed by atoms with Gasteiger partial charge in [0, 0.05) is 6.04 Å². The Morgan fingerprint density at radius 3 is 2.38 bits per heavy atom. The van der Waals surface area contributed by atoms with E-state index in [1.807, 2.05) is 0 Å². The van der Waals surface area contributed by atoms with Crippen molar-refractivity contribution in [1.29, 1.82) is 0 Å². The second-order valence-corrected chi connectivity index (χ2v) is 4.18. The summed E-state index contributed by atoms with van der Waals surface area (Å²) in [5.41, 5.74) is 6.38. The van der Waals surface area contributed by atoms with Crippen LogP contribution in [0.25, 0.3) is 0 Å². The predicted octanol–water partition coefficient (Wildman–Crippen LogP) is 3.27. The van der Waals surface area contributed by atoms with Gasteiger partial charge in [0.2, 0.25) is 0 Å². The first-order chi connectivity index (χ1) is 7.58. The summed E-state index contributed by atoms with van der Waals surface area (Å²) in [7, 11) is 0. The Morgan fingerprint density at radius 2 is 1.81 bits per heavy atom. The third-order valence-corrected chi connectivity index (χ3v) is 3.12. The monoisotopic (exact) mass is 227 g/mol. The van der Waals surface area contributed by atoms with Crippen LogP contribution >= 0.6 is 0 Å². The smallest absolute Gasteiger partial charge is 0.126 e. The SMILES string of the molecule is CCC(CC)C(N)Cc1cc(F)ccc1F. The molecule has 1 atom stereocenters. The van der Waals surface area contributed by atoms with Gasteiger partial charge < -0.3 is 5.73 Å². The minimum Gasteiger partial charge on any atom is -0.327 e. The molecule has 0 saturated heterocycles. The van der Waals surface area contributed by atoms with Crippen LogP contribution in [0.5, 0.6) is 0 Å². The molecule has 1 rings (SSSR count). The lowest BCUT2D eigenvalue weighted by Gasteiger charge is -2.21. The highest BCUT2D eigenvalue weighted by Crippen LogP contribution is 2.18. The van der Waals surface area contributed by atoms with E-state index in [0.29, 0.717) is 17.9 Å². The fourth-order valence-corrected chi connectivity index (χ4v) is 2.01. The Morgan fingerprint density at radius 1 is 1.19 bits per heavy atom. The number of benzene rings is 1. The average Bonchev–Trinajstić information content (AvgIpc) is 2.25. The summed E-state index contributed by atoms with van der Waals surface area (Å²) in [5, 5.41) is 0. The van der Waals surface area contributed by atoms with E-state index in [9.17, 15) is 8.78 Å². The molecule has 1 nitrogen and oxygen atoms in total. The zero-order valence-corrected chi connectivity index (χ0v) is 9.84. The first-order valence-corrected chi connectivity index (χ1v) is 5.78. The van der Waals surface area contributed by atoms with Crippen molar-refractivity contribution in [2.45, 2.75) is 39.2 Å². The quantitative estimate of drug-likeness (QED) is 0.820. The molecule has 1 aromatic rings. The van der Waals surface area contributed by atoms with E-state index >= 15 is 0 Å². The highest BCUT2D eigenvalue weighted by molar-refractivity contribution is 5.19. The first kappa shape index (κ1) is 13.1. The van der Waals surface area contributed by atoms with E-state index in [1.54, 1.807) is 0 Å². The van der Waals surface area contributed by atoms with Crippen LogP contribution in [0.2, 0.25) is 0 Å². The minimum atomic E-state index is -0.409. The van der Waals surface area contributed by atoms with E-state index in [2.05, 4.69) is 13.8 Å². The lowest BCUT2D eigenvalue weighted by molar-refractivity contribution is 0.389. The molecule has 0 radical (unpaired) electrons. The van der Waals surface area contributed by atoms with Crippen molar-refractivity contribution in [1.82, 2.24) is 0 Å². The summed E-state index contributed by atoms with van der Waals surface area (Å²) in [5.74, 6) is -0.418. The molecule has 0 aliphatic rings. The lowest BCUT2D eigenvalue weighted by atomic mass is 9.90. The molecule has 2 N–H and O–H groups in total. The zero-order chi connectivity index (χ0) is 12.1. The van der Waals surface area contributed by atoms with Gasteiger partial charge in [0.1, 0.15) is 11.6 Å². The van der Waals surface area contributed by atoms with Crippen molar-refractivity contribution >= 4 is 0 Å². The maximum atomic E-state index is 13.4. The van der Waals surface area contributed by atoms with Crippen molar-refractivity contribution in [3.63, 3.8) is 0 Å². The highest BCUT2D eigenvalue weighted by atomic mass is 19.1. The van der Waals surface area contributed by atoms with Gasteiger partial charge in [-0.15, -0.1) is 0 Å². The normalized spacial score (nSPS) is 13.1. The molecule has 90 valence electrons. The van der Waals surface area contributed by atoms with E-state index in [4.69, 9.17) is 5.73 Å². The summed E-state index contributed by atoms with van der Waals surface area (Å²) < 4.78 is 26.3. The summed E-state index contributed by atoms with van der Waals surface area (Å²) in [6.07, 6.45) is 2.33. The molecule has 0 aliphatic carbocycles. The van der Waals surface area contributed by atoms with Crippen molar-refractivity contribution in [3.05, 3.63) is 35.4 Å². The molecule has 0 bridgehead atoms. The second-order valence-electron chi connectivity index (χ2n) is 4.18. The fourth-order valence-electron chi connectivity index (χ4n) is 2.01. The Hall–Kier alpha value is -0.960. The molecule has 0 aromatic heterocycles. The van der Waals surface area contributed by atoms with Crippen molar-refractivity contribution < 1.29 is 8.78 Å². The van der Waals surface area contributed by atoms with Gasteiger partial charge in [0.05, 0.1) is 0 Å². The maximum absolute atomic E-state index is 13.4. The molecule has 0 spiro atoms. The van der Waals surface area contributed by atoms with Crippen LogP contribution in [-0.4, -0.2) is 6.04 Å². The first-order valence-electron chi connectivity index (χ1n) is 5.78. The molecule has 16 heavy (non-hydrogen) atoms. The van der Waals surface area contributed by atoms with Gasteiger partial charge in [-0.05, 0) is 36.1 Å².